The minimum atomic E-state index is -0.198. The number of halogens is 1. The zero-order chi connectivity index (χ0) is 14.5. The van der Waals surface area contributed by atoms with E-state index < -0.39 is 0 Å². The van der Waals surface area contributed by atoms with Gasteiger partial charge in [0.1, 0.15) is 5.82 Å². The van der Waals surface area contributed by atoms with Crippen molar-refractivity contribution in [2.45, 2.75) is 25.9 Å². The Kier molecular flexibility index (Phi) is 4.74. The van der Waals surface area contributed by atoms with Gasteiger partial charge in [-0.2, -0.15) is 0 Å². The standard InChI is InChI=1S/C17H21FN2/c1-13(19)11-14-5-9-17(10-6-14)20(2)12-15-3-7-16(18)8-4-15/h3-10,13H,11-12,19H2,1-2H3. The highest BCUT2D eigenvalue weighted by Crippen LogP contribution is 2.17. The van der Waals surface area contributed by atoms with Gasteiger partial charge in [-0.15, -0.1) is 0 Å². The van der Waals surface area contributed by atoms with Crippen molar-refractivity contribution in [2.75, 3.05) is 11.9 Å². The van der Waals surface area contributed by atoms with Crippen molar-refractivity contribution < 1.29 is 4.39 Å². The van der Waals surface area contributed by atoms with E-state index in [1.54, 1.807) is 0 Å². The molecule has 20 heavy (non-hydrogen) atoms. The summed E-state index contributed by atoms with van der Waals surface area (Å²) in [7, 11) is 2.03. The average molecular weight is 272 g/mol. The first-order chi connectivity index (χ1) is 9.54. The summed E-state index contributed by atoms with van der Waals surface area (Å²) in [4.78, 5) is 2.14. The van der Waals surface area contributed by atoms with Gasteiger partial charge in [-0.05, 0) is 48.7 Å². The number of rotatable bonds is 5. The van der Waals surface area contributed by atoms with Gasteiger partial charge in [0.25, 0.3) is 0 Å². The summed E-state index contributed by atoms with van der Waals surface area (Å²) in [5.74, 6) is -0.198. The fraction of sp³-hybridized carbons (Fsp3) is 0.294. The van der Waals surface area contributed by atoms with Crippen LogP contribution < -0.4 is 10.6 Å². The molecule has 2 nitrogen and oxygen atoms in total. The maximum atomic E-state index is 12.9. The van der Waals surface area contributed by atoms with E-state index in [-0.39, 0.29) is 11.9 Å². The van der Waals surface area contributed by atoms with E-state index in [0.717, 1.165) is 24.2 Å². The first-order valence-corrected chi connectivity index (χ1v) is 6.84. The molecular weight excluding hydrogens is 251 g/mol. The second kappa shape index (κ2) is 6.53. The van der Waals surface area contributed by atoms with E-state index in [2.05, 4.69) is 29.2 Å². The molecule has 106 valence electrons. The fourth-order valence-corrected chi connectivity index (χ4v) is 2.21. The average Bonchev–Trinajstić information content (AvgIpc) is 2.41. The third-order valence-corrected chi connectivity index (χ3v) is 3.27. The predicted octanol–water partition coefficient (Wildman–Crippen LogP) is 3.35. The van der Waals surface area contributed by atoms with Crippen molar-refractivity contribution in [1.82, 2.24) is 0 Å². The summed E-state index contributed by atoms with van der Waals surface area (Å²) in [5, 5.41) is 0. The maximum Gasteiger partial charge on any atom is 0.123 e. The molecule has 0 amide bonds. The molecule has 0 fully saturated rings. The van der Waals surface area contributed by atoms with Crippen molar-refractivity contribution in [3.63, 3.8) is 0 Å². The van der Waals surface area contributed by atoms with E-state index in [1.807, 2.05) is 26.1 Å². The lowest BCUT2D eigenvalue weighted by Gasteiger charge is -2.20. The van der Waals surface area contributed by atoms with Gasteiger partial charge in [0.2, 0.25) is 0 Å². The van der Waals surface area contributed by atoms with E-state index in [1.165, 1.54) is 17.7 Å². The van der Waals surface area contributed by atoms with Gasteiger partial charge in [-0.25, -0.2) is 4.39 Å². The van der Waals surface area contributed by atoms with Crippen molar-refractivity contribution in [3.8, 4) is 0 Å². The third-order valence-electron chi connectivity index (χ3n) is 3.27. The molecule has 1 atom stereocenters. The summed E-state index contributed by atoms with van der Waals surface area (Å²) in [5.41, 5.74) is 9.28. The number of hydrogen-bond acceptors (Lipinski definition) is 2. The molecule has 2 N–H and O–H groups in total. The highest BCUT2D eigenvalue weighted by molar-refractivity contribution is 5.47. The predicted molar refractivity (Wildman–Crippen MR) is 82.3 cm³/mol. The van der Waals surface area contributed by atoms with Gasteiger partial charge >= 0.3 is 0 Å². The summed E-state index contributed by atoms with van der Waals surface area (Å²) < 4.78 is 12.9. The van der Waals surface area contributed by atoms with Crippen LogP contribution in [0.2, 0.25) is 0 Å². The number of nitrogens with two attached hydrogens (primary N) is 1. The molecule has 0 aliphatic heterocycles. The van der Waals surface area contributed by atoms with Crippen molar-refractivity contribution in [1.29, 1.82) is 0 Å². The zero-order valence-electron chi connectivity index (χ0n) is 12.0. The van der Waals surface area contributed by atoms with Gasteiger partial charge in [0.15, 0.2) is 0 Å². The molecule has 3 heteroatoms. The van der Waals surface area contributed by atoms with Crippen LogP contribution >= 0.6 is 0 Å². The Bertz CT molecular complexity index is 532. The molecule has 0 radical (unpaired) electrons. The molecule has 2 aromatic carbocycles. The van der Waals surface area contributed by atoms with Crippen LogP contribution in [0.3, 0.4) is 0 Å². The smallest absolute Gasteiger partial charge is 0.123 e. The Morgan fingerprint density at radius 3 is 2.10 bits per heavy atom. The van der Waals surface area contributed by atoms with E-state index in [4.69, 9.17) is 5.73 Å². The van der Waals surface area contributed by atoms with Gasteiger partial charge in [-0.1, -0.05) is 24.3 Å². The highest BCUT2D eigenvalue weighted by Gasteiger charge is 2.04. The Hall–Kier alpha value is -1.87. The number of benzene rings is 2. The Morgan fingerprint density at radius 1 is 1.00 bits per heavy atom. The molecule has 0 aromatic heterocycles. The molecule has 1 unspecified atom stereocenters. The Balaban J connectivity index is 2.01. The second-order valence-electron chi connectivity index (χ2n) is 5.33. The van der Waals surface area contributed by atoms with Crippen molar-refractivity contribution >= 4 is 5.69 Å². The lowest BCUT2D eigenvalue weighted by molar-refractivity contribution is 0.627. The molecule has 2 rings (SSSR count). The minimum Gasteiger partial charge on any atom is -0.370 e. The van der Waals surface area contributed by atoms with Crippen molar-refractivity contribution in [2.24, 2.45) is 5.73 Å². The van der Waals surface area contributed by atoms with Gasteiger partial charge in [0.05, 0.1) is 0 Å². The maximum absolute atomic E-state index is 12.9. The van der Waals surface area contributed by atoms with Gasteiger partial charge in [-0.3, -0.25) is 0 Å². The van der Waals surface area contributed by atoms with Gasteiger partial charge < -0.3 is 10.6 Å². The van der Waals surface area contributed by atoms with Gasteiger partial charge in [0, 0.05) is 25.3 Å². The molecule has 0 aliphatic carbocycles. The topological polar surface area (TPSA) is 29.3 Å². The van der Waals surface area contributed by atoms with Crippen LogP contribution in [-0.2, 0) is 13.0 Å². The molecule has 0 aliphatic rings. The SMILES string of the molecule is CC(N)Cc1ccc(N(C)Cc2ccc(F)cc2)cc1. The molecular formula is C17H21FN2. The molecule has 0 bridgehead atoms. The lowest BCUT2D eigenvalue weighted by atomic mass is 10.1. The Labute approximate surface area is 120 Å². The number of hydrogen-bond donors (Lipinski definition) is 1. The lowest BCUT2D eigenvalue weighted by Crippen LogP contribution is -2.18. The molecule has 0 saturated carbocycles. The monoisotopic (exact) mass is 272 g/mol. The van der Waals surface area contributed by atoms with E-state index in [0.29, 0.717) is 0 Å². The quantitative estimate of drug-likeness (QED) is 0.904. The molecule has 2 aromatic rings. The normalized spacial score (nSPS) is 12.2. The van der Waals surface area contributed by atoms with E-state index in [9.17, 15) is 4.39 Å². The van der Waals surface area contributed by atoms with Crippen LogP contribution in [-0.4, -0.2) is 13.1 Å². The van der Waals surface area contributed by atoms with Crippen LogP contribution in [0.1, 0.15) is 18.1 Å². The van der Waals surface area contributed by atoms with Crippen LogP contribution in [0.25, 0.3) is 0 Å². The number of nitrogens with zero attached hydrogens (tertiary/aromatic N) is 1. The summed E-state index contributed by atoms with van der Waals surface area (Å²) in [6.45, 7) is 2.77. The van der Waals surface area contributed by atoms with Crippen LogP contribution in [0.4, 0.5) is 10.1 Å². The van der Waals surface area contributed by atoms with Crippen LogP contribution in [0, 0.1) is 5.82 Å². The van der Waals surface area contributed by atoms with Crippen LogP contribution in [0.5, 0.6) is 0 Å². The van der Waals surface area contributed by atoms with E-state index >= 15 is 0 Å². The van der Waals surface area contributed by atoms with Crippen LogP contribution in [0.15, 0.2) is 48.5 Å². The summed E-state index contributed by atoms with van der Waals surface area (Å²) >= 11 is 0. The summed E-state index contributed by atoms with van der Waals surface area (Å²) in [6, 6.07) is 15.2. The highest BCUT2D eigenvalue weighted by atomic mass is 19.1. The first-order valence-electron chi connectivity index (χ1n) is 6.84. The first kappa shape index (κ1) is 14.5. The molecule has 0 saturated heterocycles. The second-order valence-corrected chi connectivity index (χ2v) is 5.33. The fourth-order valence-electron chi connectivity index (χ4n) is 2.21. The third kappa shape index (κ3) is 4.07. The molecule has 0 spiro atoms. The zero-order valence-corrected chi connectivity index (χ0v) is 12.0. The largest absolute Gasteiger partial charge is 0.370 e. The van der Waals surface area contributed by atoms with Crippen molar-refractivity contribution in [3.05, 3.63) is 65.5 Å². The number of anilines is 1. The summed E-state index contributed by atoms with van der Waals surface area (Å²) in [6.07, 6.45) is 0.891. The molecule has 0 heterocycles. The Morgan fingerprint density at radius 2 is 1.55 bits per heavy atom. The minimum absolute atomic E-state index is 0.179.